The molecule has 0 aromatic heterocycles. The Kier molecular flexibility index (Phi) is 5.91. The Hall–Kier alpha value is -1.99. The maximum atomic E-state index is 11.6. The number of carbonyl (C=O) groups excluding carboxylic acids is 1. The lowest BCUT2D eigenvalue weighted by molar-refractivity contribution is 0.130. The Morgan fingerprint density at radius 2 is 2.21 bits per heavy atom. The van der Waals surface area contributed by atoms with E-state index >= 15 is 0 Å². The highest BCUT2D eigenvalue weighted by Crippen LogP contribution is 2.18. The number of ether oxygens (including phenoxy) is 1. The first-order valence-electron chi connectivity index (χ1n) is 6.27. The number of aliphatic hydroxyl groups is 1. The zero-order valence-electron chi connectivity index (χ0n) is 11.5. The molecule has 0 saturated carbocycles. The van der Waals surface area contributed by atoms with Crippen LogP contribution in [-0.2, 0) is 11.2 Å². The molecule has 0 bridgehead atoms. The lowest BCUT2D eigenvalue weighted by Gasteiger charge is -2.12. The molecule has 0 saturated heterocycles. The first-order valence-corrected chi connectivity index (χ1v) is 6.27. The van der Waals surface area contributed by atoms with E-state index in [9.17, 15) is 4.79 Å². The van der Waals surface area contributed by atoms with Crippen molar-refractivity contribution in [3.05, 3.63) is 29.3 Å². The Bertz CT molecular complexity index is 498. The Labute approximate surface area is 113 Å². The molecule has 1 aromatic carbocycles. The fourth-order valence-corrected chi connectivity index (χ4v) is 1.58. The molecule has 1 aromatic rings. The number of nitrogens with one attached hydrogen (secondary N) is 1. The molecule has 19 heavy (non-hydrogen) atoms. The number of amides is 1. The number of aryl methyl sites for hydroxylation is 1. The summed E-state index contributed by atoms with van der Waals surface area (Å²) < 4.78 is 5.04. The van der Waals surface area contributed by atoms with Gasteiger partial charge in [0.05, 0.1) is 6.10 Å². The molecule has 0 aliphatic rings. The van der Waals surface area contributed by atoms with Gasteiger partial charge in [0.1, 0.15) is 6.61 Å². The molecule has 0 aliphatic carbocycles. The number of hydrogen-bond acceptors (Lipinski definition) is 3. The van der Waals surface area contributed by atoms with Gasteiger partial charge in [-0.2, -0.15) is 0 Å². The Morgan fingerprint density at radius 1 is 1.47 bits per heavy atom. The summed E-state index contributed by atoms with van der Waals surface area (Å²) in [4.78, 5) is 11.6. The highest BCUT2D eigenvalue weighted by molar-refractivity contribution is 5.86. The van der Waals surface area contributed by atoms with Crippen LogP contribution >= 0.6 is 0 Å². The van der Waals surface area contributed by atoms with Gasteiger partial charge in [0.2, 0.25) is 0 Å². The molecule has 4 heteroatoms. The van der Waals surface area contributed by atoms with Crippen molar-refractivity contribution in [2.45, 2.75) is 33.3 Å². The minimum atomic E-state index is -0.459. The van der Waals surface area contributed by atoms with Crippen molar-refractivity contribution in [1.29, 1.82) is 0 Å². The van der Waals surface area contributed by atoms with Crippen LogP contribution in [0.2, 0.25) is 0 Å². The zero-order valence-corrected chi connectivity index (χ0v) is 11.5. The molecule has 0 spiro atoms. The van der Waals surface area contributed by atoms with Gasteiger partial charge in [-0.1, -0.05) is 18.8 Å². The number of rotatable bonds is 3. The minimum absolute atomic E-state index is 0.153. The van der Waals surface area contributed by atoms with Crippen molar-refractivity contribution in [3.63, 3.8) is 0 Å². The standard InChI is InChI=1S/C15H19NO3/c1-4-13-10-12(6-5-9-17)7-8-14(13)16-15(18)19-11(2)3/h7-8,10-11,17H,4,9H2,1-3H3,(H,16,18). The highest BCUT2D eigenvalue weighted by Gasteiger charge is 2.08. The molecule has 0 radical (unpaired) electrons. The summed E-state index contributed by atoms with van der Waals surface area (Å²) in [6.45, 7) is 5.43. The van der Waals surface area contributed by atoms with Crippen LogP contribution in [0.15, 0.2) is 18.2 Å². The molecule has 0 heterocycles. The maximum absolute atomic E-state index is 11.6. The van der Waals surface area contributed by atoms with Crippen LogP contribution in [0.3, 0.4) is 0 Å². The van der Waals surface area contributed by atoms with Crippen LogP contribution in [0.1, 0.15) is 31.9 Å². The number of carbonyl (C=O) groups is 1. The van der Waals surface area contributed by atoms with E-state index in [2.05, 4.69) is 17.2 Å². The number of hydrogen-bond donors (Lipinski definition) is 2. The van der Waals surface area contributed by atoms with Gasteiger partial charge in [0.15, 0.2) is 0 Å². The van der Waals surface area contributed by atoms with Gasteiger partial charge in [-0.3, -0.25) is 5.32 Å². The molecular formula is C15H19NO3. The smallest absolute Gasteiger partial charge is 0.411 e. The first-order chi connectivity index (χ1) is 9.06. The number of benzene rings is 1. The van der Waals surface area contributed by atoms with Gasteiger partial charge in [0, 0.05) is 11.3 Å². The average Bonchev–Trinajstić information content (AvgIpc) is 2.36. The van der Waals surface area contributed by atoms with Crippen molar-refractivity contribution in [3.8, 4) is 11.8 Å². The second kappa shape index (κ2) is 7.45. The molecule has 2 N–H and O–H groups in total. The largest absolute Gasteiger partial charge is 0.447 e. The van der Waals surface area contributed by atoms with Crippen LogP contribution in [0.25, 0.3) is 0 Å². The Balaban J connectivity index is 2.87. The third kappa shape index (κ3) is 5.02. The summed E-state index contributed by atoms with van der Waals surface area (Å²) in [7, 11) is 0. The number of anilines is 1. The average molecular weight is 261 g/mol. The normalized spacial score (nSPS) is 9.74. The van der Waals surface area contributed by atoms with Gasteiger partial charge in [-0.25, -0.2) is 4.79 Å². The molecule has 0 unspecified atom stereocenters. The highest BCUT2D eigenvalue weighted by atomic mass is 16.6. The molecule has 0 fully saturated rings. The third-order valence-electron chi connectivity index (χ3n) is 2.38. The van der Waals surface area contributed by atoms with E-state index < -0.39 is 6.09 Å². The molecule has 0 atom stereocenters. The SMILES string of the molecule is CCc1cc(C#CCO)ccc1NC(=O)OC(C)C. The lowest BCUT2D eigenvalue weighted by atomic mass is 10.1. The van der Waals surface area contributed by atoms with Crippen molar-refractivity contribution >= 4 is 11.8 Å². The van der Waals surface area contributed by atoms with Crippen LogP contribution in [0, 0.1) is 11.8 Å². The summed E-state index contributed by atoms with van der Waals surface area (Å²) in [5.74, 6) is 5.43. The van der Waals surface area contributed by atoms with Crippen LogP contribution in [0.5, 0.6) is 0 Å². The second-order valence-electron chi connectivity index (χ2n) is 4.26. The Morgan fingerprint density at radius 3 is 2.79 bits per heavy atom. The first kappa shape index (κ1) is 15.1. The van der Waals surface area contributed by atoms with E-state index in [-0.39, 0.29) is 12.7 Å². The van der Waals surface area contributed by atoms with Gasteiger partial charge in [0.25, 0.3) is 0 Å². The van der Waals surface area contributed by atoms with Crippen molar-refractivity contribution in [2.24, 2.45) is 0 Å². The minimum Gasteiger partial charge on any atom is -0.447 e. The van der Waals surface area contributed by atoms with Crippen LogP contribution in [-0.4, -0.2) is 23.9 Å². The molecule has 1 amide bonds. The summed E-state index contributed by atoms with van der Waals surface area (Å²) in [6.07, 6.45) is 0.157. The third-order valence-corrected chi connectivity index (χ3v) is 2.38. The van der Waals surface area contributed by atoms with E-state index in [1.807, 2.05) is 13.0 Å². The van der Waals surface area contributed by atoms with Crippen molar-refractivity contribution in [1.82, 2.24) is 0 Å². The quantitative estimate of drug-likeness (QED) is 0.822. The van der Waals surface area contributed by atoms with E-state index in [1.54, 1.807) is 26.0 Å². The molecule has 1 rings (SSSR count). The topological polar surface area (TPSA) is 58.6 Å². The molecule has 4 nitrogen and oxygen atoms in total. The lowest BCUT2D eigenvalue weighted by Crippen LogP contribution is -2.18. The van der Waals surface area contributed by atoms with Crippen molar-refractivity contribution in [2.75, 3.05) is 11.9 Å². The van der Waals surface area contributed by atoms with Crippen LogP contribution < -0.4 is 5.32 Å². The second-order valence-corrected chi connectivity index (χ2v) is 4.26. The van der Waals surface area contributed by atoms with E-state index in [0.29, 0.717) is 0 Å². The fraction of sp³-hybridized carbons (Fsp3) is 0.400. The van der Waals surface area contributed by atoms with Gasteiger partial charge in [-0.05, 0) is 44.0 Å². The predicted molar refractivity (Wildman–Crippen MR) is 75.0 cm³/mol. The summed E-state index contributed by atoms with van der Waals surface area (Å²) >= 11 is 0. The van der Waals surface area contributed by atoms with Gasteiger partial charge >= 0.3 is 6.09 Å². The van der Waals surface area contributed by atoms with Gasteiger partial charge in [-0.15, -0.1) is 0 Å². The molecule has 0 aliphatic heterocycles. The molecular weight excluding hydrogens is 242 g/mol. The van der Waals surface area contributed by atoms with E-state index in [0.717, 1.165) is 23.2 Å². The fourth-order valence-electron chi connectivity index (χ4n) is 1.58. The zero-order chi connectivity index (χ0) is 14.3. The maximum Gasteiger partial charge on any atom is 0.411 e. The van der Waals surface area contributed by atoms with E-state index in [4.69, 9.17) is 9.84 Å². The summed E-state index contributed by atoms with van der Waals surface area (Å²) in [5, 5.41) is 11.4. The molecule has 102 valence electrons. The predicted octanol–water partition coefficient (Wildman–Crippen LogP) is 2.55. The van der Waals surface area contributed by atoms with Crippen LogP contribution in [0.4, 0.5) is 10.5 Å². The summed E-state index contributed by atoms with van der Waals surface area (Å²) in [5.41, 5.74) is 2.52. The van der Waals surface area contributed by atoms with E-state index in [1.165, 1.54) is 0 Å². The summed E-state index contributed by atoms with van der Waals surface area (Å²) in [6, 6.07) is 5.49. The monoisotopic (exact) mass is 261 g/mol. The van der Waals surface area contributed by atoms with Gasteiger partial charge < -0.3 is 9.84 Å². The number of aliphatic hydroxyl groups excluding tert-OH is 1. The van der Waals surface area contributed by atoms with Crippen molar-refractivity contribution < 1.29 is 14.6 Å².